The number of nitrogens with zero attached hydrogens (tertiary/aromatic N) is 4. The van der Waals surface area contributed by atoms with Gasteiger partial charge in [0.2, 0.25) is 11.9 Å². The highest BCUT2D eigenvalue weighted by atomic mass is 16.2. The monoisotopic (exact) mass is 381 g/mol. The van der Waals surface area contributed by atoms with E-state index in [1.54, 1.807) is 6.20 Å². The zero-order valence-corrected chi connectivity index (χ0v) is 17.7. The first-order valence-electron chi connectivity index (χ1n) is 9.68. The molecule has 0 aliphatic heterocycles. The molecular formula is C22H31N5O. The molecule has 0 bridgehead atoms. The second-order valence-corrected chi connectivity index (χ2v) is 7.10. The highest BCUT2D eigenvalue weighted by Gasteiger charge is 2.12. The molecule has 150 valence electrons. The van der Waals surface area contributed by atoms with Crippen molar-refractivity contribution < 1.29 is 4.79 Å². The van der Waals surface area contributed by atoms with Crippen molar-refractivity contribution in [2.24, 2.45) is 0 Å². The standard InChI is InChI=1S/C22H31N5O/c1-7-9-12-26(5)20(8-2)17-10-11-18-14-23-22(24-19(18)13-17)25-21(28)15-27(6)16(3)4/h8-14,16H,7,15H2,1-6H3,(H,23,24,25,28)/b12-9+,20-8-. The van der Waals surface area contributed by atoms with Crippen molar-refractivity contribution in [3.05, 3.63) is 48.3 Å². The fourth-order valence-corrected chi connectivity index (χ4v) is 2.73. The number of aromatic nitrogens is 2. The predicted molar refractivity (Wildman–Crippen MR) is 117 cm³/mol. The lowest BCUT2D eigenvalue weighted by atomic mass is 10.1. The van der Waals surface area contributed by atoms with Crippen LogP contribution in [0.5, 0.6) is 0 Å². The summed E-state index contributed by atoms with van der Waals surface area (Å²) in [7, 11) is 3.95. The average molecular weight is 382 g/mol. The fourth-order valence-electron chi connectivity index (χ4n) is 2.73. The molecule has 0 saturated heterocycles. The van der Waals surface area contributed by atoms with Crippen molar-refractivity contribution >= 4 is 28.5 Å². The molecule has 1 aromatic carbocycles. The van der Waals surface area contributed by atoms with E-state index in [1.165, 1.54) is 0 Å². The number of nitrogens with one attached hydrogen (secondary N) is 1. The number of carbonyl (C=O) groups is 1. The highest BCUT2D eigenvalue weighted by Crippen LogP contribution is 2.23. The van der Waals surface area contributed by atoms with Crippen molar-refractivity contribution in [1.82, 2.24) is 19.8 Å². The molecule has 2 rings (SSSR count). The van der Waals surface area contributed by atoms with Gasteiger partial charge in [0, 0.05) is 30.4 Å². The van der Waals surface area contributed by atoms with Gasteiger partial charge in [-0.05, 0) is 52.1 Å². The van der Waals surface area contributed by atoms with Gasteiger partial charge >= 0.3 is 0 Å². The van der Waals surface area contributed by atoms with E-state index in [-0.39, 0.29) is 5.91 Å². The lowest BCUT2D eigenvalue weighted by Crippen LogP contribution is -2.35. The van der Waals surface area contributed by atoms with E-state index in [1.807, 2.05) is 51.9 Å². The number of benzene rings is 1. The Morgan fingerprint density at radius 2 is 2.04 bits per heavy atom. The lowest BCUT2D eigenvalue weighted by Gasteiger charge is -2.20. The zero-order chi connectivity index (χ0) is 20.7. The maximum Gasteiger partial charge on any atom is 0.240 e. The first kappa shape index (κ1) is 21.6. The molecule has 1 N–H and O–H groups in total. The molecule has 0 spiro atoms. The molecule has 6 heteroatoms. The van der Waals surface area contributed by atoms with Crippen LogP contribution in [-0.4, -0.2) is 52.4 Å². The quantitative estimate of drug-likeness (QED) is 0.745. The number of likely N-dealkylation sites (N-methyl/N-ethyl adjacent to an activating group) is 1. The molecule has 1 aromatic heterocycles. The van der Waals surface area contributed by atoms with Crippen molar-refractivity contribution in [3.8, 4) is 0 Å². The zero-order valence-electron chi connectivity index (χ0n) is 17.7. The molecule has 0 radical (unpaired) electrons. The first-order valence-corrected chi connectivity index (χ1v) is 9.68. The third-order valence-electron chi connectivity index (χ3n) is 4.62. The summed E-state index contributed by atoms with van der Waals surface area (Å²) in [5, 5.41) is 3.73. The van der Waals surface area contributed by atoms with Gasteiger partial charge in [-0.1, -0.05) is 31.2 Å². The number of fused-ring (bicyclic) bond motifs is 1. The first-order chi connectivity index (χ1) is 13.3. The van der Waals surface area contributed by atoms with Gasteiger partial charge in [-0.15, -0.1) is 0 Å². The van der Waals surface area contributed by atoms with Crippen LogP contribution in [-0.2, 0) is 4.79 Å². The maximum absolute atomic E-state index is 12.2. The minimum Gasteiger partial charge on any atom is -0.351 e. The van der Waals surface area contributed by atoms with E-state index in [0.29, 0.717) is 18.5 Å². The molecule has 0 unspecified atom stereocenters. The van der Waals surface area contributed by atoms with Gasteiger partial charge in [0.05, 0.1) is 12.1 Å². The Balaban J connectivity index is 2.25. The number of allylic oxidation sites excluding steroid dienone is 2. The molecule has 1 heterocycles. The van der Waals surface area contributed by atoms with Gasteiger partial charge in [0.25, 0.3) is 0 Å². The molecule has 0 fully saturated rings. The fraction of sp³-hybridized carbons (Fsp3) is 0.409. The normalized spacial score (nSPS) is 12.4. The number of carbonyl (C=O) groups excluding carboxylic acids is 1. The summed E-state index contributed by atoms with van der Waals surface area (Å²) in [6, 6.07) is 6.39. The van der Waals surface area contributed by atoms with Gasteiger partial charge in [0.1, 0.15) is 0 Å². The lowest BCUT2D eigenvalue weighted by molar-refractivity contribution is -0.117. The van der Waals surface area contributed by atoms with Crippen molar-refractivity contribution in [2.45, 2.75) is 40.2 Å². The molecule has 0 saturated carbocycles. The van der Waals surface area contributed by atoms with Crippen molar-refractivity contribution in [3.63, 3.8) is 0 Å². The molecule has 0 atom stereocenters. The van der Waals surface area contributed by atoms with Crippen LogP contribution in [0.4, 0.5) is 5.95 Å². The Bertz CT molecular complexity index is 872. The van der Waals surface area contributed by atoms with E-state index in [4.69, 9.17) is 0 Å². The van der Waals surface area contributed by atoms with Crippen LogP contribution < -0.4 is 5.32 Å². The summed E-state index contributed by atoms with van der Waals surface area (Å²) >= 11 is 0. The van der Waals surface area contributed by atoms with E-state index < -0.39 is 0 Å². The Kier molecular flexibility index (Phi) is 7.70. The van der Waals surface area contributed by atoms with Crippen LogP contribution in [0, 0.1) is 0 Å². The smallest absolute Gasteiger partial charge is 0.240 e. The van der Waals surface area contributed by atoms with Crippen LogP contribution in [0.1, 0.15) is 39.7 Å². The maximum atomic E-state index is 12.2. The molecule has 2 aromatic rings. The van der Waals surface area contributed by atoms with Crippen LogP contribution in [0.15, 0.2) is 42.7 Å². The molecule has 0 aliphatic rings. The second-order valence-electron chi connectivity index (χ2n) is 7.10. The van der Waals surface area contributed by atoms with Crippen LogP contribution >= 0.6 is 0 Å². The molecular weight excluding hydrogens is 350 g/mol. The van der Waals surface area contributed by atoms with Gasteiger partial charge in [0.15, 0.2) is 0 Å². The van der Waals surface area contributed by atoms with Crippen LogP contribution in [0.25, 0.3) is 16.6 Å². The highest BCUT2D eigenvalue weighted by molar-refractivity contribution is 5.92. The van der Waals surface area contributed by atoms with E-state index in [9.17, 15) is 4.79 Å². The van der Waals surface area contributed by atoms with Crippen LogP contribution in [0.2, 0.25) is 0 Å². The predicted octanol–water partition coefficient (Wildman–Crippen LogP) is 4.12. The number of hydrogen-bond donors (Lipinski definition) is 1. The molecule has 1 amide bonds. The summed E-state index contributed by atoms with van der Waals surface area (Å²) in [6.07, 6.45) is 8.99. The van der Waals surface area contributed by atoms with E-state index >= 15 is 0 Å². The topological polar surface area (TPSA) is 61.4 Å². The average Bonchev–Trinajstić information content (AvgIpc) is 2.66. The summed E-state index contributed by atoms with van der Waals surface area (Å²) in [5.74, 6) is 0.207. The Hall–Kier alpha value is -2.73. The van der Waals surface area contributed by atoms with Gasteiger partial charge in [-0.2, -0.15) is 0 Å². The van der Waals surface area contributed by atoms with Crippen molar-refractivity contribution in [2.75, 3.05) is 26.0 Å². The Morgan fingerprint density at radius 3 is 2.68 bits per heavy atom. The van der Waals surface area contributed by atoms with Crippen molar-refractivity contribution in [1.29, 1.82) is 0 Å². The second kappa shape index (κ2) is 9.99. The molecule has 0 aliphatic carbocycles. The number of anilines is 1. The third kappa shape index (κ3) is 5.63. The van der Waals surface area contributed by atoms with Crippen LogP contribution in [0.3, 0.4) is 0 Å². The summed E-state index contributed by atoms with van der Waals surface area (Å²) < 4.78 is 0. The summed E-state index contributed by atoms with van der Waals surface area (Å²) in [5.41, 5.74) is 2.95. The Labute approximate surface area is 168 Å². The van der Waals surface area contributed by atoms with Gasteiger partial charge in [-0.3, -0.25) is 15.0 Å². The van der Waals surface area contributed by atoms with Gasteiger partial charge in [-0.25, -0.2) is 9.97 Å². The third-order valence-corrected chi connectivity index (χ3v) is 4.62. The molecule has 28 heavy (non-hydrogen) atoms. The Morgan fingerprint density at radius 1 is 1.29 bits per heavy atom. The molecule has 6 nitrogen and oxygen atoms in total. The number of hydrogen-bond acceptors (Lipinski definition) is 5. The number of amides is 1. The summed E-state index contributed by atoms with van der Waals surface area (Å²) in [4.78, 5) is 25.1. The minimum absolute atomic E-state index is 0.120. The van der Waals surface area contributed by atoms with Gasteiger partial charge < -0.3 is 4.90 Å². The largest absolute Gasteiger partial charge is 0.351 e. The number of rotatable bonds is 8. The summed E-state index contributed by atoms with van der Waals surface area (Å²) in [6.45, 7) is 8.53. The van der Waals surface area contributed by atoms with E-state index in [0.717, 1.165) is 28.6 Å². The van der Waals surface area contributed by atoms with E-state index in [2.05, 4.69) is 51.5 Å². The minimum atomic E-state index is -0.120. The SMILES string of the molecule is C/C=C(/c1ccc2cnc(NC(=O)CN(C)C(C)C)nc2c1)N(C)/C=C/CC.